The van der Waals surface area contributed by atoms with Crippen molar-refractivity contribution in [3.8, 4) is 0 Å². The van der Waals surface area contributed by atoms with Crippen molar-refractivity contribution < 1.29 is 9.53 Å². The maximum absolute atomic E-state index is 13.0. The Kier molecular flexibility index (Phi) is 6.14. The van der Waals surface area contributed by atoms with Crippen molar-refractivity contribution >= 4 is 28.7 Å². The quantitative estimate of drug-likeness (QED) is 0.559. The van der Waals surface area contributed by atoms with Gasteiger partial charge in [-0.05, 0) is 41.0 Å². The van der Waals surface area contributed by atoms with Crippen LogP contribution in [0.2, 0.25) is 0 Å². The minimum Gasteiger partial charge on any atom is -0.379 e. The zero-order valence-electron chi connectivity index (χ0n) is 17.2. The molecule has 0 aromatic carbocycles. The van der Waals surface area contributed by atoms with E-state index in [-0.39, 0.29) is 35.6 Å². The molecule has 0 saturated heterocycles. The van der Waals surface area contributed by atoms with Gasteiger partial charge in [-0.25, -0.2) is 9.67 Å². The number of ether oxygens (including phenoxy) is 1. The van der Waals surface area contributed by atoms with Crippen LogP contribution in [0.4, 0.5) is 0 Å². The number of thioether (sulfide) groups is 1. The first-order valence-corrected chi connectivity index (χ1v) is 10.7. The van der Waals surface area contributed by atoms with Crippen LogP contribution in [0.1, 0.15) is 53.5 Å². The number of rotatable bonds is 7. The van der Waals surface area contributed by atoms with Crippen LogP contribution < -0.4 is 10.9 Å². The normalized spacial score (nSPS) is 16.7. The molecule has 8 nitrogen and oxygen atoms in total. The summed E-state index contributed by atoms with van der Waals surface area (Å²) < 4.78 is 8.91. The van der Waals surface area contributed by atoms with Gasteiger partial charge in [0.05, 0.1) is 23.9 Å². The molecule has 9 heteroatoms. The van der Waals surface area contributed by atoms with Crippen LogP contribution in [0.25, 0.3) is 11.0 Å². The number of aromatic nitrogens is 4. The van der Waals surface area contributed by atoms with Crippen LogP contribution in [0.5, 0.6) is 0 Å². The fraction of sp³-hybridized carbons (Fsp3) is 0.684. The molecule has 2 aromatic heterocycles. The second kappa shape index (κ2) is 8.24. The van der Waals surface area contributed by atoms with Gasteiger partial charge in [0, 0.05) is 25.3 Å². The highest BCUT2D eigenvalue weighted by Gasteiger charge is 2.30. The monoisotopic (exact) mass is 407 g/mol. The summed E-state index contributed by atoms with van der Waals surface area (Å²) in [5, 5.41) is 8.44. The molecule has 0 bridgehead atoms. The second-order valence-corrected chi connectivity index (χ2v) is 9.31. The molecule has 3 heterocycles. The number of amides is 1. The molecule has 2 aromatic rings. The number of fused-ring (bicyclic) bond motifs is 2. The Hall–Kier alpha value is -1.87. The zero-order valence-corrected chi connectivity index (χ0v) is 18.0. The average Bonchev–Trinajstić information content (AvgIpc) is 3.19. The zero-order chi connectivity index (χ0) is 20.5. The molecule has 1 aliphatic rings. The third kappa shape index (κ3) is 4.41. The summed E-state index contributed by atoms with van der Waals surface area (Å²) in [6.07, 6.45) is 2.82. The van der Waals surface area contributed by atoms with Crippen molar-refractivity contribution in [3.05, 3.63) is 16.6 Å². The Labute approximate surface area is 169 Å². The molecule has 0 aliphatic carbocycles. The Morgan fingerprint density at radius 3 is 2.86 bits per heavy atom. The first-order chi connectivity index (χ1) is 13.2. The van der Waals surface area contributed by atoms with E-state index in [0.29, 0.717) is 35.1 Å². The van der Waals surface area contributed by atoms with E-state index in [1.807, 2.05) is 34.6 Å². The van der Waals surface area contributed by atoms with Crippen molar-refractivity contribution in [2.75, 3.05) is 18.9 Å². The molecule has 1 aliphatic heterocycles. The smallest absolute Gasteiger partial charge is 0.265 e. The van der Waals surface area contributed by atoms with E-state index in [4.69, 9.17) is 4.74 Å². The summed E-state index contributed by atoms with van der Waals surface area (Å²) in [6, 6.07) is -0.186. The van der Waals surface area contributed by atoms with Crippen LogP contribution in [-0.4, -0.2) is 50.2 Å². The average molecular weight is 408 g/mol. The van der Waals surface area contributed by atoms with E-state index in [1.165, 1.54) is 11.8 Å². The third-order valence-electron chi connectivity index (χ3n) is 4.52. The first kappa shape index (κ1) is 20.9. The number of nitrogens with zero attached hydrogens (tertiary/aromatic N) is 4. The fourth-order valence-corrected chi connectivity index (χ4v) is 4.31. The Morgan fingerprint density at radius 2 is 2.18 bits per heavy atom. The largest absolute Gasteiger partial charge is 0.379 e. The molecular weight excluding hydrogens is 378 g/mol. The molecule has 0 fully saturated rings. The molecule has 1 N–H and O–H groups in total. The van der Waals surface area contributed by atoms with E-state index in [1.54, 1.807) is 15.4 Å². The maximum Gasteiger partial charge on any atom is 0.265 e. The molecule has 3 rings (SSSR count). The molecule has 0 radical (unpaired) electrons. The Morgan fingerprint density at radius 1 is 1.43 bits per heavy atom. The standard InChI is InChI=1S/C19H29N5O3S/c1-12(2)27-8-6-7-20-15(25)9-13-11-28-18-22-16-14(17(26)23(13)18)10-21-24(16)19(3,4)5/h10,12-13H,6-9,11H2,1-5H3,(H,20,25). The Balaban J connectivity index is 1.70. The fourth-order valence-electron chi connectivity index (χ4n) is 3.18. The molecule has 1 unspecified atom stereocenters. The number of carbonyl (C=O) groups is 1. The second-order valence-electron chi connectivity index (χ2n) is 8.33. The van der Waals surface area contributed by atoms with Gasteiger partial charge in [0.25, 0.3) is 5.56 Å². The predicted octanol–water partition coefficient (Wildman–Crippen LogP) is 2.32. The van der Waals surface area contributed by atoms with Crippen LogP contribution in [0, 0.1) is 0 Å². The number of hydrogen-bond acceptors (Lipinski definition) is 6. The van der Waals surface area contributed by atoms with Gasteiger partial charge in [-0.1, -0.05) is 11.8 Å². The summed E-state index contributed by atoms with van der Waals surface area (Å²) in [7, 11) is 0. The lowest BCUT2D eigenvalue weighted by Crippen LogP contribution is -2.32. The van der Waals surface area contributed by atoms with Crippen molar-refractivity contribution in [1.29, 1.82) is 0 Å². The molecule has 154 valence electrons. The van der Waals surface area contributed by atoms with Gasteiger partial charge in [0.1, 0.15) is 5.39 Å². The lowest BCUT2D eigenvalue weighted by atomic mass is 10.1. The van der Waals surface area contributed by atoms with Crippen LogP contribution in [0.15, 0.2) is 16.1 Å². The number of hydrogen-bond donors (Lipinski definition) is 1. The lowest BCUT2D eigenvalue weighted by Gasteiger charge is -2.20. The highest BCUT2D eigenvalue weighted by atomic mass is 32.2. The van der Waals surface area contributed by atoms with Gasteiger partial charge in [-0.2, -0.15) is 5.10 Å². The molecule has 1 atom stereocenters. The van der Waals surface area contributed by atoms with Gasteiger partial charge in [-0.3, -0.25) is 14.2 Å². The van der Waals surface area contributed by atoms with Gasteiger partial charge in [0.15, 0.2) is 10.8 Å². The van der Waals surface area contributed by atoms with Crippen molar-refractivity contribution in [2.24, 2.45) is 0 Å². The van der Waals surface area contributed by atoms with Crippen LogP contribution in [0.3, 0.4) is 0 Å². The van der Waals surface area contributed by atoms with Gasteiger partial charge < -0.3 is 10.1 Å². The van der Waals surface area contributed by atoms with Crippen LogP contribution in [-0.2, 0) is 15.1 Å². The molecule has 0 saturated carbocycles. The van der Waals surface area contributed by atoms with Gasteiger partial charge >= 0.3 is 0 Å². The highest BCUT2D eigenvalue weighted by molar-refractivity contribution is 7.99. The SMILES string of the molecule is CC(C)OCCCNC(=O)CC1CSc2nc3c(cnn3C(C)(C)C)c(=O)n21. The third-order valence-corrected chi connectivity index (χ3v) is 5.62. The van der Waals surface area contributed by atoms with E-state index < -0.39 is 0 Å². The summed E-state index contributed by atoms with van der Waals surface area (Å²) in [4.78, 5) is 30.0. The van der Waals surface area contributed by atoms with Crippen molar-refractivity contribution in [1.82, 2.24) is 24.6 Å². The molecule has 1 amide bonds. The summed E-state index contributed by atoms with van der Waals surface area (Å²) in [5.74, 6) is 0.613. The number of nitrogens with one attached hydrogen (secondary N) is 1. The topological polar surface area (TPSA) is 91.0 Å². The minimum absolute atomic E-state index is 0.0552. The van der Waals surface area contributed by atoms with Crippen molar-refractivity contribution in [2.45, 2.75) is 70.3 Å². The Bertz CT molecular complexity index is 913. The number of carbonyl (C=O) groups excluding carboxylic acids is 1. The van der Waals surface area contributed by atoms with E-state index >= 15 is 0 Å². The maximum atomic E-state index is 13.0. The van der Waals surface area contributed by atoms with Crippen LogP contribution >= 0.6 is 11.8 Å². The van der Waals surface area contributed by atoms with E-state index in [2.05, 4.69) is 15.4 Å². The lowest BCUT2D eigenvalue weighted by molar-refractivity contribution is -0.121. The van der Waals surface area contributed by atoms with Crippen molar-refractivity contribution in [3.63, 3.8) is 0 Å². The highest BCUT2D eigenvalue weighted by Crippen LogP contribution is 2.33. The van der Waals surface area contributed by atoms with E-state index in [9.17, 15) is 9.59 Å². The first-order valence-electron chi connectivity index (χ1n) is 9.70. The minimum atomic E-state index is -0.262. The summed E-state index contributed by atoms with van der Waals surface area (Å²) >= 11 is 1.52. The molecular formula is C19H29N5O3S. The molecule has 0 spiro atoms. The van der Waals surface area contributed by atoms with Gasteiger partial charge in [-0.15, -0.1) is 0 Å². The predicted molar refractivity (Wildman–Crippen MR) is 110 cm³/mol. The van der Waals surface area contributed by atoms with E-state index in [0.717, 1.165) is 6.42 Å². The molecule has 28 heavy (non-hydrogen) atoms. The van der Waals surface area contributed by atoms with Gasteiger partial charge in [0.2, 0.25) is 5.91 Å². The summed E-state index contributed by atoms with van der Waals surface area (Å²) in [5.41, 5.74) is 0.220. The summed E-state index contributed by atoms with van der Waals surface area (Å²) in [6.45, 7) is 11.3.